The van der Waals surface area contributed by atoms with Crippen LogP contribution in [0.15, 0.2) is 5.10 Å². The van der Waals surface area contributed by atoms with Gasteiger partial charge >= 0.3 is 0 Å². The summed E-state index contributed by atoms with van der Waals surface area (Å²) in [5, 5.41) is 3.83. The van der Waals surface area contributed by atoms with Gasteiger partial charge < -0.3 is 4.90 Å². The van der Waals surface area contributed by atoms with Crippen LogP contribution >= 0.6 is 0 Å². The summed E-state index contributed by atoms with van der Waals surface area (Å²) in [6.45, 7) is 11.0. The molecule has 0 aliphatic carbocycles. The van der Waals surface area contributed by atoms with E-state index < -0.39 is 0 Å². The van der Waals surface area contributed by atoms with E-state index in [-0.39, 0.29) is 30.3 Å². The summed E-state index contributed by atoms with van der Waals surface area (Å²) in [7, 11) is 0. The van der Waals surface area contributed by atoms with Crippen LogP contribution in [-0.2, 0) is 9.59 Å². The lowest BCUT2D eigenvalue weighted by molar-refractivity contribution is -0.133. The lowest BCUT2D eigenvalue weighted by atomic mass is 10.2. The fraction of sp³-hybridized carbons (Fsp3) is 0.750. The van der Waals surface area contributed by atoms with E-state index in [4.69, 9.17) is 0 Å². The highest BCUT2D eigenvalue weighted by molar-refractivity contribution is 6.00. The largest absolute Gasteiger partial charge is 0.338 e. The highest BCUT2D eigenvalue weighted by Gasteiger charge is 2.20. The topological polar surface area (TPSA) is 61.8 Å². The summed E-state index contributed by atoms with van der Waals surface area (Å²) in [6, 6.07) is 0.326. The Morgan fingerprint density at radius 2 is 1.59 bits per heavy atom. The number of hydrazone groups is 1. The van der Waals surface area contributed by atoms with Crippen LogP contribution in [0.25, 0.3) is 0 Å². The molecule has 0 aliphatic heterocycles. The van der Waals surface area contributed by atoms with Crippen molar-refractivity contribution in [2.45, 2.75) is 60.0 Å². The van der Waals surface area contributed by atoms with E-state index in [0.29, 0.717) is 5.71 Å². The minimum atomic E-state index is -0.235. The van der Waals surface area contributed by atoms with Crippen molar-refractivity contribution in [1.29, 1.82) is 0 Å². The van der Waals surface area contributed by atoms with E-state index in [1.54, 1.807) is 6.92 Å². The maximum atomic E-state index is 12.0. The molecule has 0 saturated heterocycles. The van der Waals surface area contributed by atoms with E-state index in [9.17, 15) is 9.59 Å². The van der Waals surface area contributed by atoms with Crippen molar-refractivity contribution in [2.75, 3.05) is 0 Å². The maximum absolute atomic E-state index is 12.0. The average Bonchev–Trinajstić information content (AvgIpc) is 2.12. The van der Waals surface area contributed by atoms with Crippen molar-refractivity contribution in [3.8, 4) is 0 Å². The van der Waals surface area contributed by atoms with Crippen LogP contribution in [0.2, 0.25) is 0 Å². The van der Waals surface area contributed by atoms with Gasteiger partial charge in [-0.3, -0.25) is 9.59 Å². The van der Waals surface area contributed by atoms with Gasteiger partial charge in [-0.15, -0.1) is 0 Å². The number of carbonyl (C=O) groups is 2. The molecule has 0 atom stereocenters. The molecule has 0 radical (unpaired) electrons. The Morgan fingerprint density at radius 1 is 1.12 bits per heavy atom. The predicted molar refractivity (Wildman–Crippen MR) is 68.7 cm³/mol. The molecule has 5 heteroatoms. The number of nitrogens with one attached hydrogen (secondary N) is 1. The molecule has 0 aromatic heterocycles. The Morgan fingerprint density at radius 3 is 1.94 bits per heavy atom. The fourth-order valence-corrected chi connectivity index (χ4v) is 1.70. The molecule has 0 saturated carbocycles. The van der Waals surface area contributed by atoms with Gasteiger partial charge in [-0.1, -0.05) is 0 Å². The first-order valence-corrected chi connectivity index (χ1v) is 5.86. The second-order valence-corrected chi connectivity index (χ2v) is 4.68. The summed E-state index contributed by atoms with van der Waals surface area (Å²) in [4.78, 5) is 24.5. The average molecular weight is 241 g/mol. The lowest BCUT2D eigenvalue weighted by Crippen LogP contribution is -2.42. The van der Waals surface area contributed by atoms with E-state index in [0.717, 1.165) is 0 Å². The second-order valence-electron chi connectivity index (χ2n) is 4.68. The van der Waals surface area contributed by atoms with Gasteiger partial charge in [0.05, 0.1) is 6.42 Å². The van der Waals surface area contributed by atoms with E-state index in [1.165, 1.54) is 6.92 Å². The van der Waals surface area contributed by atoms with Crippen LogP contribution in [-0.4, -0.2) is 34.5 Å². The first-order valence-electron chi connectivity index (χ1n) is 5.86. The van der Waals surface area contributed by atoms with Crippen molar-refractivity contribution < 1.29 is 9.59 Å². The Hall–Kier alpha value is -1.39. The van der Waals surface area contributed by atoms with Gasteiger partial charge in [0.2, 0.25) is 11.8 Å². The number of hydrogen-bond donors (Lipinski definition) is 1. The van der Waals surface area contributed by atoms with Gasteiger partial charge in [0.15, 0.2) is 0 Å². The highest BCUT2D eigenvalue weighted by atomic mass is 16.2. The van der Waals surface area contributed by atoms with Gasteiger partial charge in [-0.05, 0) is 34.6 Å². The first-order chi connectivity index (χ1) is 7.75. The van der Waals surface area contributed by atoms with Crippen LogP contribution in [0.5, 0.6) is 0 Å². The van der Waals surface area contributed by atoms with Gasteiger partial charge in [-0.25, -0.2) is 5.43 Å². The summed E-state index contributed by atoms with van der Waals surface area (Å²) in [6.07, 6.45) is 0.233. The van der Waals surface area contributed by atoms with Gasteiger partial charge in [0.25, 0.3) is 0 Å². The van der Waals surface area contributed by atoms with Crippen molar-refractivity contribution in [3.63, 3.8) is 0 Å². The molecule has 1 N–H and O–H groups in total. The zero-order chi connectivity index (χ0) is 13.6. The van der Waals surface area contributed by atoms with Gasteiger partial charge in [-0.2, -0.15) is 5.10 Å². The number of nitrogens with zero attached hydrogens (tertiary/aromatic N) is 2. The summed E-state index contributed by atoms with van der Waals surface area (Å²) in [5.74, 6) is -0.206. The molecule has 5 nitrogen and oxygen atoms in total. The minimum absolute atomic E-state index is 0.0293. The number of amides is 2. The molecule has 0 unspecified atom stereocenters. The summed E-state index contributed by atoms with van der Waals surface area (Å²) < 4.78 is 0. The monoisotopic (exact) mass is 241 g/mol. The normalized spacial score (nSPS) is 11.9. The van der Waals surface area contributed by atoms with Gasteiger partial charge in [0, 0.05) is 24.7 Å². The summed E-state index contributed by atoms with van der Waals surface area (Å²) in [5.41, 5.74) is 2.93. The van der Waals surface area contributed by atoms with Crippen LogP contribution in [0.3, 0.4) is 0 Å². The Labute approximate surface area is 103 Å². The minimum Gasteiger partial charge on any atom is -0.338 e. The summed E-state index contributed by atoms with van der Waals surface area (Å²) >= 11 is 0. The van der Waals surface area contributed by atoms with E-state index >= 15 is 0 Å². The van der Waals surface area contributed by atoms with Crippen LogP contribution in [0.1, 0.15) is 48.0 Å². The molecule has 0 aromatic rings. The molecule has 0 aromatic carbocycles. The highest BCUT2D eigenvalue weighted by Crippen LogP contribution is 2.07. The number of carbonyl (C=O) groups excluding carboxylic acids is 2. The molecular weight excluding hydrogens is 218 g/mol. The number of rotatable bonds is 5. The Bertz CT molecular complexity index is 301. The van der Waals surface area contributed by atoms with Crippen molar-refractivity contribution in [1.82, 2.24) is 10.3 Å². The first kappa shape index (κ1) is 15.6. The van der Waals surface area contributed by atoms with Crippen molar-refractivity contribution in [2.24, 2.45) is 5.10 Å². The molecule has 0 spiro atoms. The molecule has 0 heterocycles. The quantitative estimate of drug-likeness (QED) is 0.586. The lowest BCUT2D eigenvalue weighted by Gasteiger charge is -2.30. The molecule has 0 bridgehead atoms. The molecule has 0 rings (SSSR count). The van der Waals surface area contributed by atoms with Gasteiger partial charge in [0.1, 0.15) is 0 Å². The van der Waals surface area contributed by atoms with Crippen molar-refractivity contribution in [3.05, 3.63) is 0 Å². The molecule has 0 aliphatic rings. The Balaban J connectivity index is 4.51. The van der Waals surface area contributed by atoms with E-state index in [1.807, 2.05) is 32.6 Å². The smallest absolute Gasteiger partial charge is 0.236 e. The zero-order valence-corrected chi connectivity index (χ0v) is 11.6. The third kappa shape index (κ3) is 6.04. The predicted octanol–water partition coefficient (Wildman–Crippen LogP) is 1.53. The standard InChI is InChI=1S/C12H23N3O2/c1-8(2)15(9(3)4)12(17)7-10(5)13-14-11(6)16/h8-9H,7H2,1-6H3,(H,14,16). The third-order valence-electron chi connectivity index (χ3n) is 2.21. The third-order valence-corrected chi connectivity index (χ3v) is 2.21. The zero-order valence-electron chi connectivity index (χ0n) is 11.6. The fourth-order valence-electron chi connectivity index (χ4n) is 1.70. The van der Waals surface area contributed by atoms with E-state index in [2.05, 4.69) is 10.5 Å². The van der Waals surface area contributed by atoms with Crippen LogP contribution < -0.4 is 5.43 Å². The SMILES string of the molecule is CC(=O)NN=C(C)CC(=O)N(C(C)C)C(C)C. The molecule has 2 amide bonds. The second kappa shape index (κ2) is 7.04. The molecule has 0 fully saturated rings. The van der Waals surface area contributed by atoms with Crippen LogP contribution in [0, 0.1) is 0 Å². The molecule has 17 heavy (non-hydrogen) atoms. The molecular formula is C12H23N3O2. The Kier molecular flexibility index (Phi) is 6.46. The van der Waals surface area contributed by atoms with Crippen molar-refractivity contribution >= 4 is 17.5 Å². The molecule has 98 valence electrons. The van der Waals surface area contributed by atoms with Crippen LogP contribution in [0.4, 0.5) is 0 Å². The number of hydrogen-bond acceptors (Lipinski definition) is 3. The maximum Gasteiger partial charge on any atom is 0.236 e.